The molecule has 5 rings (SSSR count). The first kappa shape index (κ1) is 16.2. The highest BCUT2D eigenvalue weighted by atomic mass is 32.2. The minimum Gasteiger partial charge on any atom is -0.493 e. The van der Waals surface area contributed by atoms with Gasteiger partial charge in [-0.05, 0) is 31.2 Å². The van der Waals surface area contributed by atoms with Crippen molar-refractivity contribution in [3.8, 4) is 5.75 Å². The highest BCUT2D eigenvalue weighted by molar-refractivity contribution is 7.99. The average molecular weight is 378 g/mol. The summed E-state index contributed by atoms with van der Waals surface area (Å²) in [6.45, 7) is 2.66. The molecule has 0 aliphatic heterocycles. The Hall–Kier alpha value is -3.00. The van der Waals surface area contributed by atoms with Gasteiger partial charge in [0.25, 0.3) is 5.78 Å². The molecule has 0 bridgehead atoms. The Labute approximate surface area is 159 Å². The molecule has 8 heteroatoms. The summed E-state index contributed by atoms with van der Waals surface area (Å²) in [6.07, 6.45) is 0. The van der Waals surface area contributed by atoms with Crippen LogP contribution in [0.2, 0.25) is 0 Å². The maximum atomic E-state index is 5.78. The first-order valence-electron chi connectivity index (χ1n) is 8.72. The lowest BCUT2D eigenvalue weighted by Crippen LogP contribution is -2.01. The zero-order valence-electron chi connectivity index (χ0n) is 15.0. The number of thioether (sulfide) groups is 1. The quantitative estimate of drug-likeness (QED) is 0.347. The number of fused-ring (bicyclic) bond motifs is 5. The van der Waals surface area contributed by atoms with Crippen molar-refractivity contribution in [1.82, 2.24) is 28.8 Å². The lowest BCUT2D eigenvalue weighted by Gasteiger charge is -2.05. The van der Waals surface area contributed by atoms with Gasteiger partial charge in [-0.2, -0.15) is 4.52 Å². The molecule has 0 unspecified atom stereocenters. The predicted molar refractivity (Wildman–Crippen MR) is 106 cm³/mol. The van der Waals surface area contributed by atoms with Gasteiger partial charge in [-0.15, -0.1) is 15.3 Å². The van der Waals surface area contributed by atoms with Crippen LogP contribution in [0.25, 0.3) is 22.6 Å². The summed E-state index contributed by atoms with van der Waals surface area (Å²) in [6, 6.07) is 16.3. The predicted octanol–water partition coefficient (Wildman–Crippen LogP) is 3.35. The van der Waals surface area contributed by atoms with Crippen molar-refractivity contribution in [2.24, 2.45) is 7.05 Å². The summed E-state index contributed by atoms with van der Waals surface area (Å²) in [7, 11) is 2.01. The molecule has 0 fully saturated rings. The van der Waals surface area contributed by atoms with Crippen LogP contribution in [0.3, 0.4) is 0 Å². The van der Waals surface area contributed by atoms with Crippen LogP contribution in [0.15, 0.2) is 53.7 Å². The number of ether oxygens (including phenoxy) is 1. The van der Waals surface area contributed by atoms with Gasteiger partial charge >= 0.3 is 0 Å². The standard InChI is InChI=1S/C19H18N6OS/c1-13-7-9-14(10-8-13)26-11-12-27-19-21-20-17-24-16-6-4-3-5-15(16)23(2)18(24)22-25(17)19/h3-10H,11-12H2,1-2H3. The second-order valence-corrected chi connectivity index (χ2v) is 7.45. The fourth-order valence-electron chi connectivity index (χ4n) is 3.20. The van der Waals surface area contributed by atoms with Gasteiger partial charge in [-0.1, -0.05) is 41.6 Å². The fourth-order valence-corrected chi connectivity index (χ4v) is 3.90. The SMILES string of the molecule is Cc1ccc(OCCSc2nnc3n2nc2n(C)c4ccccc4n23)cc1. The molecule has 136 valence electrons. The minimum atomic E-state index is 0.596. The number of para-hydroxylation sites is 2. The summed E-state index contributed by atoms with van der Waals surface area (Å²) in [5, 5.41) is 14.1. The Morgan fingerprint density at radius 3 is 2.56 bits per heavy atom. The molecule has 0 atom stereocenters. The average Bonchev–Trinajstić information content (AvgIpc) is 3.32. The van der Waals surface area contributed by atoms with Crippen molar-refractivity contribution in [3.63, 3.8) is 0 Å². The Bertz CT molecular complexity index is 1250. The van der Waals surface area contributed by atoms with Crippen molar-refractivity contribution in [2.75, 3.05) is 12.4 Å². The van der Waals surface area contributed by atoms with E-state index >= 15 is 0 Å². The Morgan fingerprint density at radius 1 is 0.963 bits per heavy atom. The van der Waals surface area contributed by atoms with Crippen molar-refractivity contribution < 1.29 is 4.74 Å². The highest BCUT2D eigenvalue weighted by Gasteiger charge is 2.18. The van der Waals surface area contributed by atoms with Gasteiger partial charge in [0.05, 0.1) is 17.6 Å². The molecule has 0 aliphatic rings. The Balaban J connectivity index is 1.38. The van der Waals surface area contributed by atoms with E-state index in [1.807, 2.05) is 47.8 Å². The Kier molecular flexibility index (Phi) is 3.78. The molecule has 0 N–H and O–H groups in total. The van der Waals surface area contributed by atoms with Gasteiger partial charge in [0.1, 0.15) is 5.75 Å². The third kappa shape index (κ3) is 2.64. The van der Waals surface area contributed by atoms with E-state index in [0.29, 0.717) is 6.61 Å². The topological polar surface area (TPSA) is 61.7 Å². The smallest absolute Gasteiger partial charge is 0.260 e. The monoisotopic (exact) mass is 378 g/mol. The van der Waals surface area contributed by atoms with Gasteiger partial charge in [0, 0.05) is 12.8 Å². The number of hydrogen-bond donors (Lipinski definition) is 0. The number of nitrogens with zero attached hydrogens (tertiary/aromatic N) is 6. The summed E-state index contributed by atoms with van der Waals surface area (Å²) in [4.78, 5) is 0. The summed E-state index contributed by atoms with van der Waals surface area (Å²) >= 11 is 1.59. The molecule has 5 aromatic rings. The number of hydrogen-bond acceptors (Lipinski definition) is 5. The molecule has 0 radical (unpaired) electrons. The molecule has 0 spiro atoms. The molecule has 0 saturated carbocycles. The third-order valence-corrected chi connectivity index (χ3v) is 5.46. The third-order valence-electron chi connectivity index (χ3n) is 4.57. The van der Waals surface area contributed by atoms with Crippen LogP contribution >= 0.6 is 11.8 Å². The van der Waals surface area contributed by atoms with Crippen LogP contribution in [0.1, 0.15) is 5.56 Å². The van der Waals surface area contributed by atoms with Crippen molar-refractivity contribution in [1.29, 1.82) is 0 Å². The van der Waals surface area contributed by atoms with Crippen LogP contribution in [0.4, 0.5) is 0 Å². The fraction of sp³-hybridized carbons (Fsp3) is 0.211. The maximum absolute atomic E-state index is 5.78. The van der Waals surface area contributed by atoms with Gasteiger partial charge in [0.2, 0.25) is 10.9 Å². The van der Waals surface area contributed by atoms with Crippen LogP contribution in [-0.2, 0) is 7.05 Å². The van der Waals surface area contributed by atoms with E-state index in [9.17, 15) is 0 Å². The molecule has 0 saturated heterocycles. The van der Waals surface area contributed by atoms with Crippen molar-refractivity contribution >= 4 is 34.4 Å². The lowest BCUT2D eigenvalue weighted by atomic mass is 10.2. The second kappa shape index (κ2) is 6.31. The van der Waals surface area contributed by atoms with E-state index in [-0.39, 0.29) is 0 Å². The molecule has 2 aromatic carbocycles. The van der Waals surface area contributed by atoms with Gasteiger partial charge in [0.15, 0.2) is 0 Å². The van der Waals surface area contributed by atoms with Crippen molar-refractivity contribution in [2.45, 2.75) is 12.1 Å². The molecule has 27 heavy (non-hydrogen) atoms. The van der Waals surface area contributed by atoms with Crippen molar-refractivity contribution in [3.05, 3.63) is 54.1 Å². The Morgan fingerprint density at radius 2 is 1.74 bits per heavy atom. The lowest BCUT2D eigenvalue weighted by molar-refractivity contribution is 0.344. The zero-order valence-corrected chi connectivity index (χ0v) is 15.8. The zero-order chi connectivity index (χ0) is 18.4. The number of imidazole rings is 1. The van der Waals surface area contributed by atoms with Gasteiger partial charge in [-0.3, -0.25) is 0 Å². The van der Waals surface area contributed by atoms with E-state index in [2.05, 4.69) is 33.8 Å². The summed E-state index contributed by atoms with van der Waals surface area (Å²) in [5.41, 5.74) is 3.41. The largest absolute Gasteiger partial charge is 0.493 e. The molecule has 3 heterocycles. The van der Waals surface area contributed by atoms with E-state index < -0.39 is 0 Å². The highest BCUT2D eigenvalue weighted by Crippen LogP contribution is 2.24. The van der Waals surface area contributed by atoms with Gasteiger partial charge < -0.3 is 9.30 Å². The number of aryl methyl sites for hydroxylation is 2. The summed E-state index contributed by atoms with van der Waals surface area (Å²) in [5.74, 6) is 3.22. The second-order valence-electron chi connectivity index (χ2n) is 6.39. The molecular weight excluding hydrogens is 360 g/mol. The van der Waals surface area contributed by atoms with E-state index in [1.54, 1.807) is 16.3 Å². The number of benzene rings is 2. The minimum absolute atomic E-state index is 0.596. The first-order chi connectivity index (χ1) is 13.2. The van der Waals surface area contributed by atoms with Crippen LogP contribution in [0, 0.1) is 6.92 Å². The van der Waals surface area contributed by atoms with E-state index in [0.717, 1.165) is 39.2 Å². The normalized spacial score (nSPS) is 11.8. The number of aromatic nitrogens is 6. The number of rotatable bonds is 5. The summed E-state index contributed by atoms with van der Waals surface area (Å²) < 4.78 is 11.7. The van der Waals surface area contributed by atoms with Crippen LogP contribution < -0.4 is 4.74 Å². The van der Waals surface area contributed by atoms with Crippen LogP contribution in [0.5, 0.6) is 5.75 Å². The first-order valence-corrected chi connectivity index (χ1v) is 9.70. The maximum Gasteiger partial charge on any atom is 0.260 e. The molecule has 0 aliphatic carbocycles. The van der Waals surface area contributed by atoms with E-state index in [4.69, 9.17) is 9.84 Å². The van der Waals surface area contributed by atoms with Crippen LogP contribution in [-0.4, -0.2) is 41.1 Å². The molecule has 7 nitrogen and oxygen atoms in total. The molecule has 3 aromatic heterocycles. The van der Waals surface area contributed by atoms with E-state index in [1.165, 1.54) is 5.56 Å². The molecular formula is C19H18N6OS. The van der Waals surface area contributed by atoms with Gasteiger partial charge in [-0.25, -0.2) is 4.40 Å². The molecule has 0 amide bonds.